The number of carbonyl (C=O) groups excluding carboxylic acids is 1. The Morgan fingerprint density at radius 2 is 2.00 bits per heavy atom. The molecule has 112 valence electrons. The van der Waals surface area contributed by atoms with Gasteiger partial charge in [-0.15, -0.1) is 0 Å². The minimum atomic E-state index is -0.785. The van der Waals surface area contributed by atoms with Crippen molar-refractivity contribution in [1.82, 2.24) is 10.3 Å². The van der Waals surface area contributed by atoms with Gasteiger partial charge in [-0.25, -0.2) is 0 Å². The van der Waals surface area contributed by atoms with Crippen LogP contribution in [0.1, 0.15) is 17.4 Å². The van der Waals surface area contributed by atoms with Gasteiger partial charge in [-0.2, -0.15) is 0 Å². The molecule has 0 aliphatic carbocycles. The van der Waals surface area contributed by atoms with Crippen LogP contribution in [-0.2, 0) is 9.53 Å². The first-order valence-electron chi connectivity index (χ1n) is 6.61. The van der Waals surface area contributed by atoms with Crippen LogP contribution in [0.4, 0.5) is 0 Å². The van der Waals surface area contributed by atoms with Gasteiger partial charge in [0.05, 0.1) is 5.69 Å². The summed E-state index contributed by atoms with van der Waals surface area (Å²) < 4.78 is 5.75. The van der Waals surface area contributed by atoms with E-state index in [1.165, 1.54) is 0 Å². The van der Waals surface area contributed by atoms with E-state index in [2.05, 4.69) is 10.3 Å². The van der Waals surface area contributed by atoms with Crippen molar-refractivity contribution in [1.29, 1.82) is 0 Å². The minimum absolute atomic E-state index is 0.202. The Balaban J connectivity index is 2.04. The van der Waals surface area contributed by atoms with Crippen molar-refractivity contribution >= 4 is 34.6 Å². The molecule has 0 radical (unpaired) electrons. The lowest BCUT2D eigenvalue weighted by Gasteiger charge is -2.12. The number of pyridine rings is 1. The van der Waals surface area contributed by atoms with Crippen LogP contribution in [0.25, 0.3) is 5.57 Å². The fourth-order valence-electron chi connectivity index (χ4n) is 2.33. The van der Waals surface area contributed by atoms with Gasteiger partial charge in [-0.3, -0.25) is 9.78 Å². The monoisotopic (exact) mass is 334 g/mol. The molecule has 22 heavy (non-hydrogen) atoms. The Kier molecular flexibility index (Phi) is 4.05. The maximum atomic E-state index is 12.8. The van der Waals surface area contributed by atoms with E-state index < -0.39 is 6.10 Å². The molecule has 0 bridgehead atoms. The van der Waals surface area contributed by atoms with E-state index in [9.17, 15) is 4.79 Å². The van der Waals surface area contributed by atoms with Crippen LogP contribution in [0.5, 0.6) is 0 Å². The van der Waals surface area contributed by atoms with Crippen LogP contribution in [0, 0.1) is 0 Å². The molecule has 6 heteroatoms. The maximum Gasteiger partial charge on any atom is 0.215 e. The van der Waals surface area contributed by atoms with Crippen molar-refractivity contribution in [3.05, 3.63) is 69.8 Å². The minimum Gasteiger partial charge on any atom is -0.462 e. The first-order valence-corrected chi connectivity index (χ1v) is 7.36. The van der Waals surface area contributed by atoms with E-state index in [0.29, 0.717) is 32.8 Å². The predicted molar refractivity (Wildman–Crippen MR) is 85.5 cm³/mol. The summed E-state index contributed by atoms with van der Waals surface area (Å²) >= 11 is 12.2. The van der Waals surface area contributed by atoms with Crippen LogP contribution in [0.2, 0.25) is 10.0 Å². The number of hydrogen-bond acceptors (Lipinski definition) is 4. The van der Waals surface area contributed by atoms with Gasteiger partial charge in [0.1, 0.15) is 5.57 Å². The van der Waals surface area contributed by atoms with E-state index in [1.54, 1.807) is 43.6 Å². The molecular weight excluding hydrogens is 323 g/mol. The Bertz CT molecular complexity index is 774. The number of Topliss-reactive ketones (excluding diaryl/α,β-unsaturated/α-hetero) is 1. The zero-order chi connectivity index (χ0) is 15.7. The van der Waals surface area contributed by atoms with Crippen LogP contribution < -0.4 is 5.32 Å². The van der Waals surface area contributed by atoms with Crippen molar-refractivity contribution in [3.63, 3.8) is 0 Å². The summed E-state index contributed by atoms with van der Waals surface area (Å²) in [6.45, 7) is 0. The number of halogens is 2. The van der Waals surface area contributed by atoms with Gasteiger partial charge in [0.25, 0.3) is 0 Å². The number of nitrogens with one attached hydrogen (secondary N) is 1. The van der Waals surface area contributed by atoms with Gasteiger partial charge < -0.3 is 10.1 Å². The normalized spacial score (nSPS) is 17.6. The highest BCUT2D eigenvalue weighted by Gasteiger charge is 2.38. The van der Waals surface area contributed by atoms with Crippen LogP contribution in [-0.4, -0.2) is 17.8 Å². The fraction of sp³-hybridized carbons (Fsp3) is 0.125. The quantitative estimate of drug-likeness (QED) is 0.931. The van der Waals surface area contributed by atoms with E-state index >= 15 is 0 Å². The Hall–Kier alpha value is -2.04. The number of nitrogens with zero attached hydrogens (tertiary/aromatic N) is 1. The third-order valence-electron chi connectivity index (χ3n) is 3.34. The summed E-state index contributed by atoms with van der Waals surface area (Å²) in [5, 5.41) is 3.88. The van der Waals surface area contributed by atoms with Gasteiger partial charge in [-0.1, -0.05) is 41.4 Å². The first-order chi connectivity index (χ1) is 10.6. The molecular formula is C16H12Cl2N2O2. The standard InChI is InChI=1S/C16H12Cl2N2O2/c1-19-16-13(12-8-9(17)6-7-20-12)14(21)15(22-16)10-4-2-3-5-11(10)18/h2-8,15,19H,1H3/t15-/m1/s1. The summed E-state index contributed by atoms with van der Waals surface area (Å²) in [6.07, 6.45) is 0.764. The van der Waals surface area contributed by atoms with Gasteiger partial charge in [-0.05, 0) is 18.2 Å². The molecule has 2 heterocycles. The van der Waals surface area contributed by atoms with Gasteiger partial charge in [0.2, 0.25) is 11.7 Å². The van der Waals surface area contributed by atoms with Crippen molar-refractivity contribution in [2.24, 2.45) is 0 Å². The second-order valence-corrected chi connectivity index (χ2v) is 5.54. The smallest absolute Gasteiger partial charge is 0.215 e. The molecule has 1 atom stereocenters. The summed E-state index contributed by atoms with van der Waals surface area (Å²) in [6, 6.07) is 10.4. The third kappa shape index (κ3) is 2.56. The molecule has 0 unspecified atom stereocenters. The zero-order valence-corrected chi connectivity index (χ0v) is 13.2. The van der Waals surface area contributed by atoms with E-state index in [-0.39, 0.29) is 5.78 Å². The van der Waals surface area contributed by atoms with Crippen molar-refractivity contribution in [3.8, 4) is 0 Å². The fourth-order valence-corrected chi connectivity index (χ4v) is 2.73. The molecule has 0 amide bonds. The molecule has 2 aromatic rings. The van der Waals surface area contributed by atoms with E-state index in [0.717, 1.165) is 0 Å². The number of carbonyl (C=O) groups is 1. The zero-order valence-electron chi connectivity index (χ0n) is 11.6. The van der Waals surface area contributed by atoms with Crippen LogP contribution >= 0.6 is 23.2 Å². The summed E-state index contributed by atoms with van der Waals surface area (Å²) in [5.41, 5.74) is 1.46. The number of benzene rings is 1. The van der Waals surface area contributed by atoms with Crippen molar-refractivity contribution in [2.45, 2.75) is 6.10 Å². The van der Waals surface area contributed by atoms with Gasteiger partial charge >= 0.3 is 0 Å². The topological polar surface area (TPSA) is 51.2 Å². The Labute approximate surface area is 137 Å². The number of ether oxygens (including phenoxy) is 1. The molecule has 1 aromatic heterocycles. The second-order valence-electron chi connectivity index (χ2n) is 4.70. The summed E-state index contributed by atoms with van der Waals surface area (Å²) in [7, 11) is 1.68. The van der Waals surface area contributed by atoms with E-state index in [4.69, 9.17) is 27.9 Å². The highest BCUT2D eigenvalue weighted by atomic mass is 35.5. The number of aromatic nitrogens is 1. The summed E-state index contributed by atoms with van der Waals surface area (Å²) in [4.78, 5) is 17.0. The number of hydrogen-bond donors (Lipinski definition) is 1. The Morgan fingerprint density at radius 1 is 1.23 bits per heavy atom. The highest BCUT2D eigenvalue weighted by molar-refractivity contribution is 6.33. The molecule has 0 fully saturated rings. The number of ketones is 1. The molecule has 0 spiro atoms. The van der Waals surface area contributed by atoms with Crippen molar-refractivity contribution in [2.75, 3.05) is 7.05 Å². The van der Waals surface area contributed by atoms with Gasteiger partial charge in [0.15, 0.2) is 6.10 Å². The average Bonchev–Trinajstić information content (AvgIpc) is 2.84. The molecule has 1 aliphatic rings. The van der Waals surface area contributed by atoms with Gasteiger partial charge in [0, 0.05) is 28.9 Å². The Morgan fingerprint density at radius 3 is 2.68 bits per heavy atom. The summed E-state index contributed by atoms with van der Waals surface area (Å²) in [5.74, 6) is 0.164. The van der Waals surface area contributed by atoms with Crippen molar-refractivity contribution < 1.29 is 9.53 Å². The molecule has 3 rings (SSSR count). The van der Waals surface area contributed by atoms with E-state index in [1.807, 2.05) is 6.07 Å². The molecule has 1 aromatic carbocycles. The SMILES string of the molecule is CNC1=C(c2cc(Cl)ccn2)C(=O)[C@@H](c2ccccc2Cl)O1. The largest absolute Gasteiger partial charge is 0.462 e. The van der Waals surface area contributed by atoms with Crippen LogP contribution in [0.3, 0.4) is 0 Å². The van der Waals surface area contributed by atoms with Crippen LogP contribution in [0.15, 0.2) is 48.5 Å². The second kappa shape index (κ2) is 5.99. The lowest BCUT2D eigenvalue weighted by atomic mass is 10.00. The highest BCUT2D eigenvalue weighted by Crippen LogP contribution is 2.38. The first kappa shape index (κ1) is 14.9. The molecule has 0 saturated carbocycles. The molecule has 4 nitrogen and oxygen atoms in total. The average molecular weight is 335 g/mol. The molecule has 1 aliphatic heterocycles. The predicted octanol–water partition coefficient (Wildman–Crippen LogP) is 3.62. The lowest BCUT2D eigenvalue weighted by Crippen LogP contribution is -2.10. The maximum absolute atomic E-state index is 12.8. The molecule has 0 saturated heterocycles. The third-order valence-corrected chi connectivity index (χ3v) is 3.92. The number of rotatable bonds is 3. The molecule has 1 N–H and O–H groups in total. The lowest BCUT2D eigenvalue weighted by molar-refractivity contribution is -0.120.